The van der Waals surface area contributed by atoms with Crippen LogP contribution in [0.3, 0.4) is 0 Å². The van der Waals surface area contributed by atoms with Crippen molar-refractivity contribution in [3.63, 3.8) is 0 Å². The zero-order chi connectivity index (χ0) is 33.3. The summed E-state index contributed by atoms with van der Waals surface area (Å²) in [4.78, 5) is 4.23. The molecule has 0 fully saturated rings. The Morgan fingerprint density at radius 2 is 0.660 bits per heavy atom. The molecule has 0 aliphatic heterocycles. The molecule has 234 valence electrons. The van der Waals surface area contributed by atoms with E-state index in [0.717, 1.165) is 5.56 Å². The van der Waals surface area contributed by atoms with Gasteiger partial charge in [0.1, 0.15) is 0 Å². The van der Waals surface area contributed by atoms with E-state index in [4.69, 9.17) is 0 Å². The van der Waals surface area contributed by atoms with Gasteiger partial charge in [-0.15, -0.1) is 0 Å². The number of hydrogen-bond donors (Lipinski definition) is 0. The first-order valence-electron chi connectivity index (χ1n) is 17.1. The second-order valence-electron chi connectivity index (χ2n) is 12.7. The highest BCUT2D eigenvalue weighted by Crippen LogP contribution is 2.45. The lowest BCUT2D eigenvalue weighted by Gasteiger charge is -2.19. The van der Waals surface area contributed by atoms with Crippen molar-refractivity contribution >= 4 is 21.5 Å². The number of rotatable bonds is 6. The van der Waals surface area contributed by atoms with E-state index >= 15 is 0 Å². The second kappa shape index (κ2) is 12.8. The number of fused-ring (bicyclic) bond motifs is 2. The minimum Gasteiger partial charge on any atom is -0.265 e. The fourth-order valence-electron chi connectivity index (χ4n) is 7.45. The van der Waals surface area contributed by atoms with Gasteiger partial charge in [0, 0.05) is 12.4 Å². The lowest BCUT2D eigenvalue weighted by atomic mass is 9.84. The molecule has 0 saturated heterocycles. The Morgan fingerprint density at radius 3 is 1.24 bits per heavy atom. The van der Waals surface area contributed by atoms with Crippen molar-refractivity contribution in [1.82, 2.24) is 4.98 Å². The third kappa shape index (κ3) is 5.36. The van der Waals surface area contributed by atoms with Gasteiger partial charge in [-0.3, -0.25) is 4.98 Å². The predicted octanol–water partition coefficient (Wildman–Crippen LogP) is 13.4. The summed E-state index contributed by atoms with van der Waals surface area (Å²) in [6, 6.07) is 68.2. The van der Waals surface area contributed by atoms with Crippen LogP contribution in [0, 0.1) is 0 Å². The first-order chi connectivity index (χ1) is 24.8. The van der Waals surface area contributed by atoms with Gasteiger partial charge in [-0.25, -0.2) is 0 Å². The number of pyridine rings is 1. The number of aromatic nitrogens is 1. The molecular formula is C49H33N. The number of benzene rings is 8. The molecule has 0 atom stereocenters. The molecule has 50 heavy (non-hydrogen) atoms. The SMILES string of the molecule is c1ccc(-c2ccc(-c3cccc(-c4c5ccccc5c(-c5cccc(-c6ccncc6)c5)c5ccccc45)c3)c(-c3ccccc3)c2)cc1. The maximum Gasteiger partial charge on any atom is 0.0273 e. The maximum absolute atomic E-state index is 4.23. The van der Waals surface area contributed by atoms with Gasteiger partial charge in [0.15, 0.2) is 0 Å². The quantitative estimate of drug-likeness (QED) is 0.166. The fourth-order valence-corrected chi connectivity index (χ4v) is 7.45. The van der Waals surface area contributed by atoms with Crippen molar-refractivity contribution in [1.29, 1.82) is 0 Å². The Morgan fingerprint density at radius 1 is 0.240 bits per heavy atom. The van der Waals surface area contributed by atoms with Crippen LogP contribution in [0.1, 0.15) is 0 Å². The minimum atomic E-state index is 1.16. The molecule has 0 amide bonds. The molecule has 0 aliphatic carbocycles. The molecule has 8 aromatic carbocycles. The first kappa shape index (κ1) is 29.6. The van der Waals surface area contributed by atoms with E-state index in [2.05, 4.69) is 193 Å². The lowest BCUT2D eigenvalue weighted by Crippen LogP contribution is -1.92. The average molecular weight is 636 g/mol. The smallest absolute Gasteiger partial charge is 0.0273 e. The Hall–Kier alpha value is -6.57. The highest BCUT2D eigenvalue weighted by Gasteiger charge is 2.18. The Kier molecular flexibility index (Phi) is 7.57. The van der Waals surface area contributed by atoms with Gasteiger partial charge in [-0.05, 0) is 119 Å². The van der Waals surface area contributed by atoms with Gasteiger partial charge in [0.2, 0.25) is 0 Å². The average Bonchev–Trinajstić information content (AvgIpc) is 3.20. The van der Waals surface area contributed by atoms with E-state index in [0.29, 0.717) is 0 Å². The van der Waals surface area contributed by atoms with Crippen LogP contribution in [0.15, 0.2) is 200 Å². The summed E-state index contributed by atoms with van der Waals surface area (Å²) < 4.78 is 0. The number of nitrogens with zero attached hydrogens (tertiary/aromatic N) is 1. The molecule has 0 aliphatic rings. The standard InChI is InChI=1S/C49H33N/c1-3-13-34(14-4-1)38-25-26-42(47(33-38)36-15-5-2-6-16-36)39-18-12-20-41(32-39)49-45-23-9-7-21-43(45)48(44-22-8-10-24-46(44)49)40-19-11-17-37(31-40)35-27-29-50-30-28-35/h1-33H. The van der Waals surface area contributed by atoms with Crippen LogP contribution in [0.5, 0.6) is 0 Å². The summed E-state index contributed by atoms with van der Waals surface area (Å²) in [6.45, 7) is 0. The van der Waals surface area contributed by atoms with Crippen LogP contribution >= 0.6 is 0 Å². The molecule has 0 unspecified atom stereocenters. The molecule has 9 aromatic rings. The van der Waals surface area contributed by atoms with Crippen LogP contribution in [-0.2, 0) is 0 Å². The summed E-state index contributed by atoms with van der Waals surface area (Å²) in [7, 11) is 0. The van der Waals surface area contributed by atoms with Crippen molar-refractivity contribution in [2.75, 3.05) is 0 Å². The summed E-state index contributed by atoms with van der Waals surface area (Å²) in [5, 5.41) is 4.98. The third-order valence-electron chi connectivity index (χ3n) is 9.77. The molecule has 0 spiro atoms. The van der Waals surface area contributed by atoms with Crippen LogP contribution in [0.25, 0.3) is 88.3 Å². The van der Waals surface area contributed by atoms with E-state index in [9.17, 15) is 0 Å². The van der Waals surface area contributed by atoms with Crippen LogP contribution in [-0.4, -0.2) is 4.98 Å². The zero-order valence-electron chi connectivity index (χ0n) is 27.5. The monoisotopic (exact) mass is 635 g/mol. The third-order valence-corrected chi connectivity index (χ3v) is 9.77. The van der Waals surface area contributed by atoms with Crippen LogP contribution in [0.2, 0.25) is 0 Å². The van der Waals surface area contributed by atoms with E-state index in [1.165, 1.54) is 82.7 Å². The van der Waals surface area contributed by atoms with E-state index in [1.807, 2.05) is 12.4 Å². The van der Waals surface area contributed by atoms with E-state index < -0.39 is 0 Å². The molecule has 0 saturated carbocycles. The second-order valence-corrected chi connectivity index (χ2v) is 12.7. The van der Waals surface area contributed by atoms with Crippen molar-refractivity contribution in [3.05, 3.63) is 200 Å². The molecular weight excluding hydrogens is 603 g/mol. The van der Waals surface area contributed by atoms with Gasteiger partial charge >= 0.3 is 0 Å². The summed E-state index contributed by atoms with van der Waals surface area (Å²) in [6.07, 6.45) is 3.71. The normalized spacial score (nSPS) is 11.2. The van der Waals surface area contributed by atoms with E-state index in [1.54, 1.807) is 0 Å². The zero-order valence-corrected chi connectivity index (χ0v) is 27.5. The van der Waals surface area contributed by atoms with Gasteiger partial charge in [0.25, 0.3) is 0 Å². The summed E-state index contributed by atoms with van der Waals surface area (Å²) in [5.41, 5.74) is 14.6. The highest BCUT2D eigenvalue weighted by molar-refractivity contribution is 6.21. The molecule has 1 aromatic heterocycles. The maximum atomic E-state index is 4.23. The Labute approximate surface area is 292 Å². The van der Waals surface area contributed by atoms with Gasteiger partial charge in [-0.1, -0.05) is 158 Å². The first-order valence-corrected chi connectivity index (χ1v) is 17.1. The molecule has 1 heteroatoms. The summed E-state index contributed by atoms with van der Waals surface area (Å²) in [5.74, 6) is 0. The molecule has 1 nitrogen and oxygen atoms in total. The van der Waals surface area contributed by atoms with Crippen molar-refractivity contribution in [2.24, 2.45) is 0 Å². The lowest BCUT2D eigenvalue weighted by molar-refractivity contribution is 1.33. The molecule has 1 heterocycles. The van der Waals surface area contributed by atoms with Crippen molar-refractivity contribution in [2.45, 2.75) is 0 Å². The van der Waals surface area contributed by atoms with E-state index in [-0.39, 0.29) is 0 Å². The van der Waals surface area contributed by atoms with Crippen LogP contribution in [0.4, 0.5) is 0 Å². The fraction of sp³-hybridized carbons (Fsp3) is 0. The predicted molar refractivity (Wildman–Crippen MR) is 212 cm³/mol. The largest absolute Gasteiger partial charge is 0.265 e. The molecule has 0 radical (unpaired) electrons. The van der Waals surface area contributed by atoms with Crippen molar-refractivity contribution < 1.29 is 0 Å². The van der Waals surface area contributed by atoms with Gasteiger partial charge < -0.3 is 0 Å². The topological polar surface area (TPSA) is 12.9 Å². The van der Waals surface area contributed by atoms with Crippen molar-refractivity contribution in [3.8, 4) is 66.8 Å². The van der Waals surface area contributed by atoms with Gasteiger partial charge in [-0.2, -0.15) is 0 Å². The molecule has 0 bridgehead atoms. The highest BCUT2D eigenvalue weighted by atomic mass is 14.6. The Balaban J connectivity index is 1.25. The van der Waals surface area contributed by atoms with Gasteiger partial charge in [0.05, 0.1) is 0 Å². The minimum absolute atomic E-state index is 1.16. The number of hydrogen-bond acceptors (Lipinski definition) is 1. The summed E-state index contributed by atoms with van der Waals surface area (Å²) >= 11 is 0. The molecule has 0 N–H and O–H groups in total. The van der Waals surface area contributed by atoms with Crippen LogP contribution < -0.4 is 0 Å². The molecule has 9 rings (SSSR count). The Bertz CT molecular complexity index is 2570.